The van der Waals surface area contributed by atoms with Crippen molar-refractivity contribution in [1.29, 1.82) is 0 Å². The van der Waals surface area contributed by atoms with Crippen molar-refractivity contribution in [1.82, 2.24) is 15.5 Å². The Balaban J connectivity index is -0.00000128. The summed E-state index contributed by atoms with van der Waals surface area (Å²) in [4.78, 5) is 14.0. The molecular weight excluding hydrogens is 285 g/mol. The minimum absolute atomic E-state index is 0. The van der Waals surface area contributed by atoms with E-state index in [9.17, 15) is 4.79 Å². The molecule has 2 atom stereocenters. The molecule has 2 unspecified atom stereocenters. The molecule has 2 N–H and O–H groups in total. The van der Waals surface area contributed by atoms with Crippen LogP contribution in [0.4, 0.5) is 0 Å². The van der Waals surface area contributed by atoms with Crippen LogP contribution in [0.5, 0.6) is 0 Å². The van der Waals surface area contributed by atoms with Crippen LogP contribution in [0.1, 0.15) is 27.2 Å². The molecule has 4 nitrogen and oxygen atoms in total. The van der Waals surface area contributed by atoms with Gasteiger partial charge in [-0.15, -0.1) is 24.8 Å². The smallest absolute Gasteiger partial charge is 0.224 e. The van der Waals surface area contributed by atoms with E-state index in [2.05, 4.69) is 43.5 Å². The lowest BCUT2D eigenvalue weighted by atomic mass is 10.0. The van der Waals surface area contributed by atoms with Crippen LogP contribution in [0, 0.1) is 11.8 Å². The Morgan fingerprint density at radius 2 is 1.63 bits per heavy atom. The summed E-state index contributed by atoms with van der Waals surface area (Å²) in [6.07, 6.45) is 1.10. The van der Waals surface area contributed by atoms with Crippen molar-refractivity contribution >= 4 is 30.7 Å². The van der Waals surface area contributed by atoms with E-state index in [1.807, 2.05) is 14.0 Å². The standard InChI is InChI=1S/C13H29N3O.2ClH/c1-10(2)7-12(16(5)6)9-15-13(17)11(3)8-14-4;;/h10-12,14H,7-9H2,1-6H3,(H,15,17);2*1H. The monoisotopic (exact) mass is 315 g/mol. The van der Waals surface area contributed by atoms with Gasteiger partial charge in [-0.05, 0) is 33.5 Å². The van der Waals surface area contributed by atoms with Gasteiger partial charge >= 0.3 is 0 Å². The second-order valence-corrected chi connectivity index (χ2v) is 5.45. The normalized spacial score (nSPS) is 13.5. The highest BCUT2D eigenvalue weighted by atomic mass is 35.5. The predicted octanol–water partition coefficient (Wildman–Crippen LogP) is 1.78. The molecule has 0 aromatic carbocycles. The van der Waals surface area contributed by atoms with Crippen LogP contribution >= 0.6 is 24.8 Å². The molecule has 0 fully saturated rings. The van der Waals surface area contributed by atoms with Gasteiger partial charge in [-0.1, -0.05) is 20.8 Å². The Labute approximate surface area is 130 Å². The SMILES string of the molecule is CNCC(C)C(=O)NCC(CC(C)C)N(C)C.Cl.Cl. The van der Waals surface area contributed by atoms with E-state index in [-0.39, 0.29) is 36.6 Å². The first-order valence-corrected chi connectivity index (χ1v) is 6.47. The molecule has 0 aliphatic rings. The van der Waals surface area contributed by atoms with Crippen LogP contribution in [0.2, 0.25) is 0 Å². The van der Waals surface area contributed by atoms with Crippen LogP contribution in [0.3, 0.4) is 0 Å². The summed E-state index contributed by atoms with van der Waals surface area (Å²) >= 11 is 0. The van der Waals surface area contributed by atoms with Crippen molar-refractivity contribution in [2.24, 2.45) is 11.8 Å². The molecule has 0 aromatic rings. The molecule has 0 saturated carbocycles. The second kappa shape index (κ2) is 13.0. The van der Waals surface area contributed by atoms with Gasteiger partial charge in [0.25, 0.3) is 0 Å². The molecule has 0 heterocycles. The summed E-state index contributed by atoms with van der Waals surface area (Å²) in [6, 6.07) is 0.417. The number of hydrogen-bond donors (Lipinski definition) is 2. The number of likely N-dealkylation sites (N-methyl/N-ethyl adjacent to an activating group) is 1. The largest absolute Gasteiger partial charge is 0.354 e. The lowest BCUT2D eigenvalue weighted by molar-refractivity contribution is -0.124. The average Bonchev–Trinajstić information content (AvgIpc) is 2.23. The van der Waals surface area contributed by atoms with Crippen LogP contribution in [0.15, 0.2) is 0 Å². The van der Waals surface area contributed by atoms with E-state index in [0.717, 1.165) is 19.5 Å². The van der Waals surface area contributed by atoms with Crippen molar-refractivity contribution in [3.8, 4) is 0 Å². The molecule has 0 aromatic heterocycles. The van der Waals surface area contributed by atoms with E-state index in [0.29, 0.717) is 12.0 Å². The van der Waals surface area contributed by atoms with Crippen molar-refractivity contribution in [3.05, 3.63) is 0 Å². The number of nitrogens with zero attached hydrogens (tertiary/aromatic N) is 1. The van der Waals surface area contributed by atoms with E-state index in [1.54, 1.807) is 0 Å². The molecule has 19 heavy (non-hydrogen) atoms. The van der Waals surface area contributed by atoms with Crippen LogP contribution < -0.4 is 10.6 Å². The van der Waals surface area contributed by atoms with Gasteiger partial charge in [-0.25, -0.2) is 0 Å². The Hall–Kier alpha value is -0.0300. The molecule has 6 heteroatoms. The summed E-state index contributed by atoms with van der Waals surface area (Å²) in [5.41, 5.74) is 0. The molecule has 0 saturated heterocycles. The highest BCUT2D eigenvalue weighted by Crippen LogP contribution is 2.08. The number of nitrogens with one attached hydrogen (secondary N) is 2. The van der Waals surface area contributed by atoms with E-state index >= 15 is 0 Å². The predicted molar refractivity (Wildman–Crippen MR) is 87.5 cm³/mol. The van der Waals surface area contributed by atoms with Gasteiger partial charge in [0.1, 0.15) is 0 Å². The molecule has 0 bridgehead atoms. The van der Waals surface area contributed by atoms with E-state index in [4.69, 9.17) is 0 Å². The van der Waals surface area contributed by atoms with Gasteiger partial charge < -0.3 is 15.5 Å². The minimum atomic E-state index is 0. The third-order valence-electron chi connectivity index (χ3n) is 2.94. The second-order valence-electron chi connectivity index (χ2n) is 5.45. The van der Waals surface area contributed by atoms with Gasteiger partial charge in [-0.2, -0.15) is 0 Å². The van der Waals surface area contributed by atoms with Crippen molar-refractivity contribution in [2.45, 2.75) is 33.2 Å². The fourth-order valence-corrected chi connectivity index (χ4v) is 1.81. The van der Waals surface area contributed by atoms with Crippen LogP contribution in [0.25, 0.3) is 0 Å². The number of carbonyl (C=O) groups is 1. The average molecular weight is 316 g/mol. The third kappa shape index (κ3) is 11.5. The zero-order valence-electron chi connectivity index (χ0n) is 13.0. The number of hydrogen-bond acceptors (Lipinski definition) is 3. The zero-order chi connectivity index (χ0) is 13.4. The Morgan fingerprint density at radius 1 is 1.11 bits per heavy atom. The van der Waals surface area contributed by atoms with Gasteiger partial charge in [0.15, 0.2) is 0 Å². The van der Waals surface area contributed by atoms with Crippen molar-refractivity contribution < 1.29 is 4.79 Å². The van der Waals surface area contributed by atoms with E-state index < -0.39 is 0 Å². The molecular formula is C13H31Cl2N3O. The van der Waals surface area contributed by atoms with Gasteiger partial charge in [0, 0.05) is 25.0 Å². The van der Waals surface area contributed by atoms with Gasteiger partial charge in [0.05, 0.1) is 0 Å². The molecule has 0 aliphatic carbocycles. The summed E-state index contributed by atoms with van der Waals surface area (Å²) in [6.45, 7) is 7.82. The maximum absolute atomic E-state index is 11.8. The summed E-state index contributed by atoms with van der Waals surface area (Å²) < 4.78 is 0. The number of carbonyl (C=O) groups excluding carboxylic acids is 1. The van der Waals surface area contributed by atoms with Crippen LogP contribution in [-0.4, -0.2) is 51.1 Å². The molecule has 0 aliphatic heterocycles. The molecule has 0 spiro atoms. The summed E-state index contributed by atoms with van der Waals surface area (Å²) in [5.74, 6) is 0.811. The zero-order valence-corrected chi connectivity index (χ0v) is 14.7. The van der Waals surface area contributed by atoms with Gasteiger partial charge in [0.2, 0.25) is 5.91 Å². The Bertz CT molecular complexity index is 226. The molecule has 1 amide bonds. The maximum Gasteiger partial charge on any atom is 0.224 e. The number of rotatable bonds is 8. The summed E-state index contributed by atoms with van der Waals surface area (Å²) in [7, 11) is 6.00. The Morgan fingerprint density at radius 3 is 2.00 bits per heavy atom. The third-order valence-corrected chi connectivity index (χ3v) is 2.94. The maximum atomic E-state index is 11.8. The number of halogens is 2. The Kier molecular flexibility index (Phi) is 16.4. The first kappa shape index (κ1) is 24.0. The molecule has 0 radical (unpaired) electrons. The highest BCUT2D eigenvalue weighted by Gasteiger charge is 2.16. The summed E-state index contributed by atoms with van der Waals surface area (Å²) in [5, 5.41) is 6.05. The fraction of sp³-hybridized carbons (Fsp3) is 0.923. The van der Waals surface area contributed by atoms with Crippen molar-refractivity contribution in [3.63, 3.8) is 0 Å². The fourth-order valence-electron chi connectivity index (χ4n) is 1.81. The molecule has 0 rings (SSSR count). The van der Waals surface area contributed by atoms with Crippen molar-refractivity contribution in [2.75, 3.05) is 34.2 Å². The first-order chi connectivity index (χ1) is 7.88. The highest BCUT2D eigenvalue weighted by molar-refractivity contribution is 5.85. The quantitative estimate of drug-likeness (QED) is 0.717. The number of amides is 1. The lowest BCUT2D eigenvalue weighted by Gasteiger charge is -2.26. The van der Waals surface area contributed by atoms with E-state index in [1.165, 1.54) is 0 Å². The minimum Gasteiger partial charge on any atom is -0.354 e. The van der Waals surface area contributed by atoms with Gasteiger partial charge in [-0.3, -0.25) is 4.79 Å². The van der Waals surface area contributed by atoms with Crippen LogP contribution in [-0.2, 0) is 4.79 Å². The first-order valence-electron chi connectivity index (χ1n) is 6.47. The lowest BCUT2D eigenvalue weighted by Crippen LogP contribution is -2.43. The molecule has 118 valence electrons. The topological polar surface area (TPSA) is 44.4 Å².